The number of halogens is 1. The summed E-state index contributed by atoms with van der Waals surface area (Å²) in [6.45, 7) is 3.65. The second-order valence-corrected chi connectivity index (χ2v) is 6.52. The number of rotatable bonds is 5. The standard InChI is InChI=1S/C16H14ClN3O3S/c1-9-7-13(10(2)22-9)15-19-20-16(23-15)18-14(21)8-24-12-5-3-11(17)4-6-12/h3-7H,8H2,1-2H3,(H,18,20,21). The van der Waals surface area contributed by atoms with Crippen LogP contribution in [-0.2, 0) is 4.79 Å². The number of anilines is 1. The van der Waals surface area contributed by atoms with Gasteiger partial charge in [0.2, 0.25) is 5.91 Å². The van der Waals surface area contributed by atoms with Crippen molar-refractivity contribution in [2.24, 2.45) is 0 Å². The molecule has 2 aromatic heterocycles. The minimum absolute atomic E-state index is 0.0601. The van der Waals surface area contributed by atoms with E-state index in [9.17, 15) is 4.79 Å². The number of carbonyl (C=O) groups excluding carboxylic acids is 1. The van der Waals surface area contributed by atoms with Crippen molar-refractivity contribution in [1.82, 2.24) is 10.2 Å². The van der Waals surface area contributed by atoms with E-state index in [-0.39, 0.29) is 17.7 Å². The Morgan fingerprint density at radius 1 is 1.21 bits per heavy atom. The largest absolute Gasteiger partial charge is 0.466 e. The molecule has 1 amide bonds. The topological polar surface area (TPSA) is 81.2 Å². The number of carbonyl (C=O) groups is 1. The van der Waals surface area contributed by atoms with Gasteiger partial charge in [0.15, 0.2) is 0 Å². The van der Waals surface area contributed by atoms with Gasteiger partial charge in [0.25, 0.3) is 5.89 Å². The zero-order chi connectivity index (χ0) is 17.1. The molecule has 0 unspecified atom stereocenters. The lowest BCUT2D eigenvalue weighted by molar-refractivity contribution is -0.113. The van der Waals surface area contributed by atoms with Gasteiger partial charge < -0.3 is 8.83 Å². The van der Waals surface area contributed by atoms with E-state index < -0.39 is 0 Å². The minimum atomic E-state index is -0.231. The number of aryl methyl sites for hydroxylation is 2. The second-order valence-electron chi connectivity index (χ2n) is 5.03. The van der Waals surface area contributed by atoms with Gasteiger partial charge in [-0.3, -0.25) is 10.1 Å². The highest BCUT2D eigenvalue weighted by atomic mass is 35.5. The van der Waals surface area contributed by atoms with Gasteiger partial charge in [0, 0.05) is 9.92 Å². The van der Waals surface area contributed by atoms with Crippen LogP contribution in [0.2, 0.25) is 5.02 Å². The Kier molecular flexibility index (Phi) is 4.92. The van der Waals surface area contributed by atoms with Gasteiger partial charge in [-0.1, -0.05) is 16.7 Å². The summed E-state index contributed by atoms with van der Waals surface area (Å²) in [5.74, 6) is 1.75. The zero-order valence-electron chi connectivity index (χ0n) is 13.0. The summed E-state index contributed by atoms with van der Waals surface area (Å²) < 4.78 is 10.9. The van der Waals surface area contributed by atoms with E-state index in [4.69, 9.17) is 20.4 Å². The van der Waals surface area contributed by atoms with E-state index in [0.717, 1.165) is 16.2 Å². The Morgan fingerprint density at radius 2 is 1.96 bits per heavy atom. The van der Waals surface area contributed by atoms with E-state index in [1.165, 1.54) is 11.8 Å². The van der Waals surface area contributed by atoms with Crippen molar-refractivity contribution in [3.63, 3.8) is 0 Å². The van der Waals surface area contributed by atoms with Crippen molar-refractivity contribution in [2.75, 3.05) is 11.1 Å². The van der Waals surface area contributed by atoms with Gasteiger partial charge in [0.05, 0.1) is 11.3 Å². The quantitative estimate of drug-likeness (QED) is 0.679. The molecule has 0 spiro atoms. The summed E-state index contributed by atoms with van der Waals surface area (Å²) in [7, 11) is 0. The van der Waals surface area contributed by atoms with E-state index >= 15 is 0 Å². The number of aromatic nitrogens is 2. The number of amides is 1. The van der Waals surface area contributed by atoms with Gasteiger partial charge >= 0.3 is 6.01 Å². The molecule has 0 atom stereocenters. The van der Waals surface area contributed by atoms with Crippen molar-refractivity contribution in [2.45, 2.75) is 18.7 Å². The van der Waals surface area contributed by atoms with Gasteiger partial charge in [-0.15, -0.1) is 16.9 Å². The molecule has 0 bridgehead atoms. The summed E-state index contributed by atoms with van der Waals surface area (Å²) in [5.41, 5.74) is 0.719. The van der Waals surface area contributed by atoms with E-state index in [1.807, 2.05) is 32.0 Å². The van der Waals surface area contributed by atoms with Crippen molar-refractivity contribution in [1.29, 1.82) is 0 Å². The molecule has 0 aliphatic carbocycles. The summed E-state index contributed by atoms with van der Waals surface area (Å²) in [6, 6.07) is 9.14. The third kappa shape index (κ3) is 3.98. The van der Waals surface area contributed by atoms with Gasteiger partial charge in [0.1, 0.15) is 11.5 Å². The minimum Gasteiger partial charge on any atom is -0.466 e. The van der Waals surface area contributed by atoms with Crippen LogP contribution in [0.4, 0.5) is 6.01 Å². The number of nitrogens with one attached hydrogen (secondary N) is 1. The van der Waals surface area contributed by atoms with Crippen molar-refractivity contribution < 1.29 is 13.6 Å². The molecule has 3 aromatic rings. The van der Waals surface area contributed by atoms with Crippen LogP contribution in [-0.4, -0.2) is 21.9 Å². The first-order chi connectivity index (χ1) is 11.5. The summed E-state index contributed by atoms with van der Waals surface area (Å²) in [5, 5.41) is 11.0. The number of furan rings is 1. The summed E-state index contributed by atoms with van der Waals surface area (Å²) in [6.07, 6.45) is 0. The first kappa shape index (κ1) is 16.6. The predicted octanol–water partition coefficient (Wildman–Crippen LogP) is 4.33. The Hall–Kier alpha value is -2.25. The summed E-state index contributed by atoms with van der Waals surface area (Å²) in [4.78, 5) is 12.9. The molecule has 1 aromatic carbocycles. The molecule has 2 heterocycles. The zero-order valence-corrected chi connectivity index (χ0v) is 14.6. The average molecular weight is 364 g/mol. The Bertz CT molecular complexity index is 858. The molecule has 0 aliphatic rings. The van der Waals surface area contributed by atoms with Gasteiger partial charge in [-0.05, 0) is 44.2 Å². The van der Waals surface area contributed by atoms with Crippen molar-refractivity contribution >= 4 is 35.3 Å². The Morgan fingerprint density at radius 3 is 2.62 bits per heavy atom. The van der Waals surface area contributed by atoms with E-state index in [2.05, 4.69) is 15.5 Å². The lowest BCUT2D eigenvalue weighted by atomic mass is 10.2. The van der Waals surface area contributed by atoms with Crippen LogP contribution in [0, 0.1) is 13.8 Å². The SMILES string of the molecule is Cc1cc(-c2nnc(NC(=O)CSc3ccc(Cl)cc3)o2)c(C)o1. The third-order valence-electron chi connectivity index (χ3n) is 3.13. The molecule has 0 saturated heterocycles. The van der Waals surface area contributed by atoms with Crippen LogP contribution in [0.5, 0.6) is 0 Å². The molecular formula is C16H14ClN3O3S. The van der Waals surface area contributed by atoms with Crippen LogP contribution in [0.3, 0.4) is 0 Å². The summed E-state index contributed by atoms with van der Waals surface area (Å²) >= 11 is 7.21. The smallest absolute Gasteiger partial charge is 0.322 e. The molecular weight excluding hydrogens is 350 g/mol. The van der Waals surface area contributed by atoms with Crippen molar-refractivity contribution in [3.05, 3.63) is 46.9 Å². The maximum atomic E-state index is 12.0. The maximum Gasteiger partial charge on any atom is 0.322 e. The molecule has 24 heavy (non-hydrogen) atoms. The molecule has 0 saturated carbocycles. The van der Waals surface area contributed by atoms with Gasteiger partial charge in [-0.2, -0.15) is 0 Å². The normalized spacial score (nSPS) is 10.8. The Balaban J connectivity index is 1.59. The maximum absolute atomic E-state index is 12.0. The molecule has 3 rings (SSSR count). The van der Waals surface area contributed by atoms with Gasteiger partial charge in [-0.25, -0.2) is 0 Å². The van der Waals surface area contributed by atoms with Crippen LogP contribution < -0.4 is 5.32 Å². The monoisotopic (exact) mass is 363 g/mol. The Labute approximate surface area is 147 Å². The van der Waals surface area contributed by atoms with Crippen LogP contribution in [0.1, 0.15) is 11.5 Å². The number of thioether (sulfide) groups is 1. The highest BCUT2D eigenvalue weighted by Crippen LogP contribution is 2.26. The fraction of sp³-hybridized carbons (Fsp3) is 0.188. The first-order valence-electron chi connectivity index (χ1n) is 7.10. The highest BCUT2D eigenvalue weighted by Gasteiger charge is 2.16. The number of nitrogens with zero attached hydrogens (tertiary/aromatic N) is 2. The second kappa shape index (κ2) is 7.11. The van der Waals surface area contributed by atoms with E-state index in [0.29, 0.717) is 16.7 Å². The van der Waals surface area contributed by atoms with E-state index in [1.54, 1.807) is 12.1 Å². The fourth-order valence-corrected chi connectivity index (χ4v) is 2.89. The molecule has 8 heteroatoms. The molecule has 124 valence electrons. The van der Waals surface area contributed by atoms with Crippen LogP contribution in [0.15, 0.2) is 44.1 Å². The highest BCUT2D eigenvalue weighted by molar-refractivity contribution is 8.00. The third-order valence-corrected chi connectivity index (χ3v) is 4.39. The first-order valence-corrected chi connectivity index (χ1v) is 8.47. The number of hydrogen-bond donors (Lipinski definition) is 1. The van der Waals surface area contributed by atoms with Crippen molar-refractivity contribution in [3.8, 4) is 11.5 Å². The number of benzene rings is 1. The molecule has 6 nitrogen and oxygen atoms in total. The fourth-order valence-electron chi connectivity index (χ4n) is 2.06. The molecule has 0 aliphatic heterocycles. The number of hydrogen-bond acceptors (Lipinski definition) is 6. The lowest BCUT2D eigenvalue weighted by Crippen LogP contribution is -2.14. The lowest BCUT2D eigenvalue weighted by Gasteiger charge is -2.01. The predicted molar refractivity (Wildman–Crippen MR) is 92.3 cm³/mol. The van der Waals surface area contributed by atoms with Crippen LogP contribution in [0.25, 0.3) is 11.5 Å². The molecule has 0 radical (unpaired) electrons. The molecule has 1 N–H and O–H groups in total. The van der Waals surface area contributed by atoms with Crippen LogP contribution >= 0.6 is 23.4 Å². The average Bonchev–Trinajstić information content (AvgIpc) is 3.12. The molecule has 0 fully saturated rings.